The second-order valence-corrected chi connectivity index (χ2v) is 6.83. The second-order valence-electron chi connectivity index (χ2n) is 6.83. The van der Waals surface area contributed by atoms with Gasteiger partial charge in [-0.3, -0.25) is 4.98 Å². The van der Waals surface area contributed by atoms with Crippen LogP contribution in [0.15, 0.2) is 42.7 Å². The van der Waals surface area contributed by atoms with Crippen LogP contribution in [0.25, 0.3) is 22.9 Å². The van der Waals surface area contributed by atoms with Crippen LogP contribution in [0.2, 0.25) is 0 Å². The molecule has 0 aliphatic rings. The quantitative estimate of drug-likeness (QED) is 0.741. The zero-order chi connectivity index (χ0) is 17.3. The van der Waals surface area contributed by atoms with Crippen molar-refractivity contribution in [3.05, 3.63) is 42.7 Å². The fourth-order valence-electron chi connectivity index (χ4n) is 2.49. The average molecular weight is 322 g/mol. The Morgan fingerprint density at radius 3 is 2.33 bits per heavy atom. The molecular formula is C18H22N6. The van der Waals surface area contributed by atoms with E-state index in [1.54, 1.807) is 12.4 Å². The van der Waals surface area contributed by atoms with Crippen molar-refractivity contribution < 1.29 is 0 Å². The summed E-state index contributed by atoms with van der Waals surface area (Å²) in [7, 11) is 3.95. The topological polar surface area (TPSA) is 59.7 Å². The summed E-state index contributed by atoms with van der Waals surface area (Å²) in [4.78, 5) is 15.6. The number of rotatable bonds is 3. The molecule has 0 spiro atoms. The minimum atomic E-state index is -0.214. The van der Waals surface area contributed by atoms with Gasteiger partial charge in [-0.25, -0.2) is 14.6 Å². The number of anilines is 1. The lowest BCUT2D eigenvalue weighted by molar-refractivity contribution is 0.360. The van der Waals surface area contributed by atoms with E-state index >= 15 is 0 Å². The number of hydrogen-bond donors (Lipinski definition) is 0. The van der Waals surface area contributed by atoms with Crippen LogP contribution in [0.1, 0.15) is 20.8 Å². The molecule has 3 rings (SSSR count). The normalized spacial score (nSPS) is 11.5. The molecule has 0 aliphatic carbocycles. The first kappa shape index (κ1) is 16.1. The zero-order valence-corrected chi connectivity index (χ0v) is 14.7. The molecule has 0 radical (unpaired) electrons. The summed E-state index contributed by atoms with van der Waals surface area (Å²) >= 11 is 0. The summed E-state index contributed by atoms with van der Waals surface area (Å²) in [6, 6.07) is 9.69. The van der Waals surface area contributed by atoms with Crippen molar-refractivity contribution in [2.75, 3.05) is 19.0 Å². The molecule has 3 aromatic heterocycles. The Morgan fingerprint density at radius 1 is 0.958 bits per heavy atom. The van der Waals surface area contributed by atoms with Crippen molar-refractivity contribution in [2.24, 2.45) is 0 Å². The van der Waals surface area contributed by atoms with Crippen molar-refractivity contribution in [2.45, 2.75) is 26.3 Å². The molecule has 0 saturated heterocycles. The third kappa shape index (κ3) is 2.99. The van der Waals surface area contributed by atoms with E-state index in [1.165, 1.54) is 0 Å². The van der Waals surface area contributed by atoms with Gasteiger partial charge in [0.2, 0.25) is 0 Å². The molecule has 124 valence electrons. The minimum Gasteiger partial charge on any atom is -0.362 e. The molecule has 0 saturated carbocycles. The largest absolute Gasteiger partial charge is 0.362 e. The Bertz CT molecular complexity index is 830. The van der Waals surface area contributed by atoms with Gasteiger partial charge in [0.15, 0.2) is 11.6 Å². The molecule has 6 heteroatoms. The first-order valence-corrected chi connectivity index (χ1v) is 7.89. The van der Waals surface area contributed by atoms with E-state index < -0.39 is 0 Å². The zero-order valence-electron chi connectivity index (χ0n) is 14.7. The van der Waals surface area contributed by atoms with Crippen LogP contribution < -0.4 is 4.90 Å². The van der Waals surface area contributed by atoms with E-state index in [-0.39, 0.29) is 5.54 Å². The van der Waals surface area contributed by atoms with Gasteiger partial charge in [-0.1, -0.05) is 6.07 Å². The monoisotopic (exact) mass is 322 g/mol. The Morgan fingerprint density at radius 2 is 1.71 bits per heavy atom. The summed E-state index contributed by atoms with van der Waals surface area (Å²) in [6.07, 6.45) is 3.54. The summed E-state index contributed by atoms with van der Waals surface area (Å²) < 4.78 is 1.95. The Balaban J connectivity index is 2.23. The smallest absolute Gasteiger partial charge is 0.200 e. The van der Waals surface area contributed by atoms with E-state index in [9.17, 15) is 0 Å². The third-order valence-electron chi connectivity index (χ3n) is 3.59. The van der Waals surface area contributed by atoms with Crippen molar-refractivity contribution >= 4 is 5.82 Å². The molecule has 0 aromatic carbocycles. The molecule has 0 bridgehead atoms. The number of pyridine rings is 2. The van der Waals surface area contributed by atoms with Gasteiger partial charge >= 0.3 is 0 Å². The first-order valence-electron chi connectivity index (χ1n) is 7.89. The maximum absolute atomic E-state index is 4.78. The standard InChI is InChI=1S/C18H22N6/c1-18(2,3)24-17(13-9-8-12-20-16(13)23(4)5)21-15(22-24)14-10-6-7-11-19-14/h6-12H,1-5H3. The Kier molecular flexibility index (Phi) is 4.05. The molecular weight excluding hydrogens is 300 g/mol. The number of hydrogen-bond acceptors (Lipinski definition) is 5. The Labute approximate surface area is 142 Å². The van der Waals surface area contributed by atoms with Gasteiger partial charge in [0.05, 0.1) is 11.1 Å². The molecule has 0 amide bonds. The molecule has 0 aliphatic heterocycles. The van der Waals surface area contributed by atoms with Gasteiger partial charge in [0, 0.05) is 26.5 Å². The minimum absolute atomic E-state index is 0.214. The highest BCUT2D eigenvalue weighted by atomic mass is 15.4. The van der Waals surface area contributed by atoms with Crippen molar-refractivity contribution in [3.8, 4) is 22.9 Å². The van der Waals surface area contributed by atoms with Gasteiger partial charge in [0.25, 0.3) is 0 Å². The van der Waals surface area contributed by atoms with Crippen LogP contribution in [-0.2, 0) is 5.54 Å². The number of aromatic nitrogens is 5. The van der Waals surface area contributed by atoms with Crippen molar-refractivity contribution in [3.63, 3.8) is 0 Å². The predicted octanol–water partition coefficient (Wildman–Crippen LogP) is 3.22. The maximum Gasteiger partial charge on any atom is 0.200 e. The summed E-state index contributed by atoms with van der Waals surface area (Å²) in [5, 5.41) is 4.73. The molecule has 24 heavy (non-hydrogen) atoms. The summed E-state index contributed by atoms with van der Waals surface area (Å²) in [5.41, 5.74) is 1.50. The fraction of sp³-hybridized carbons (Fsp3) is 0.333. The molecule has 0 unspecified atom stereocenters. The van der Waals surface area contributed by atoms with Crippen LogP contribution in [0, 0.1) is 0 Å². The lowest BCUT2D eigenvalue weighted by atomic mass is 10.1. The van der Waals surface area contributed by atoms with Gasteiger partial charge < -0.3 is 4.90 Å². The molecule has 0 N–H and O–H groups in total. The van der Waals surface area contributed by atoms with Crippen LogP contribution >= 0.6 is 0 Å². The summed E-state index contributed by atoms with van der Waals surface area (Å²) in [6.45, 7) is 6.33. The summed E-state index contributed by atoms with van der Waals surface area (Å²) in [5.74, 6) is 2.28. The van der Waals surface area contributed by atoms with E-state index in [1.807, 2.05) is 54.0 Å². The van der Waals surface area contributed by atoms with E-state index in [4.69, 9.17) is 10.1 Å². The van der Waals surface area contributed by atoms with E-state index in [0.717, 1.165) is 22.9 Å². The van der Waals surface area contributed by atoms with Crippen molar-refractivity contribution in [1.29, 1.82) is 0 Å². The second kappa shape index (κ2) is 6.03. The first-order chi connectivity index (χ1) is 11.4. The lowest BCUT2D eigenvalue weighted by Crippen LogP contribution is -2.25. The van der Waals surface area contributed by atoms with E-state index in [0.29, 0.717) is 5.82 Å². The van der Waals surface area contributed by atoms with Crippen LogP contribution in [0.4, 0.5) is 5.82 Å². The third-order valence-corrected chi connectivity index (χ3v) is 3.59. The van der Waals surface area contributed by atoms with Gasteiger partial charge in [0.1, 0.15) is 11.5 Å². The lowest BCUT2D eigenvalue weighted by Gasteiger charge is -2.23. The number of nitrogens with zero attached hydrogens (tertiary/aromatic N) is 6. The van der Waals surface area contributed by atoms with Gasteiger partial charge in [-0.15, -0.1) is 5.10 Å². The molecule has 3 heterocycles. The van der Waals surface area contributed by atoms with Crippen molar-refractivity contribution in [1.82, 2.24) is 24.7 Å². The molecule has 6 nitrogen and oxygen atoms in total. The Hall–Kier alpha value is -2.76. The fourth-order valence-corrected chi connectivity index (χ4v) is 2.49. The SMILES string of the molecule is CN(C)c1ncccc1-c1nc(-c2ccccn2)nn1C(C)(C)C. The van der Waals surface area contributed by atoms with Crippen LogP contribution in [0.3, 0.4) is 0 Å². The van der Waals surface area contributed by atoms with E-state index in [2.05, 4.69) is 30.7 Å². The van der Waals surface area contributed by atoms with Gasteiger partial charge in [-0.2, -0.15) is 0 Å². The van der Waals surface area contributed by atoms with Crippen LogP contribution in [0.5, 0.6) is 0 Å². The van der Waals surface area contributed by atoms with Gasteiger partial charge in [-0.05, 0) is 45.0 Å². The predicted molar refractivity (Wildman–Crippen MR) is 95.8 cm³/mol. The molecule has 0 fully saturated rings. The molecule has 0 atom stereocenters. The van der Waals surface area contributed by atoms with Crippen LogP contribution in [-0.4, -0.2) is 38.8 Å². The average Bonchev–Trinajstić information content (AvgIpc) is 3.01. The molecule has 3 aromatic rings. The highest BCUT2D eigenvalue weighted by Crippen LogP contribution is 2.31. The highest BCUT2D eigenvalue weighted by molar-refractivity contribution is 5.72. The maximum atomic E-state index is 4.78. The highest BCUT2D eigenvalue weighted by Gasteiger charge is 2.25.